The molecule has 0 amide bonds. The van der Waals surface area contributed by atoms with Gasteiger partial charge in [0.25, 0.3) is 0 Å². The third-order valence-electron chi connectivity index (χ3n) is 2.27. The van der Waals surface area contributed by atoms with E-state index in [0.717, 1.165) is 18.7 Å². The van der Waals surface area contributed by atoms with Gasteiger partial charge in [-0.3, -0.25) is 10.9 Å². The van der Waals surface area contributed by atoms with Gasteiger partial charge >= 0.3 is 0 Å². The van der Waals surface area contributed by atoms with Crippen LogP contribution in [0.25, 0.3) is 0 Å². The molecule has 0 fully saturated rings. The van der Waals surface area contributed by atoms with Crippen LogP contribution in [0.3, 0.4) is 0 Å². The van der Waals surface area contributed by atoms with Gasteiger partial charge in [0.1, 0.15) is 12.2 Å². The second-order valence-corrected chi connectivity index (χ2v) is 4.04. The zero-order valence-electron chi connectivity index (χ0n) is 8.18. The minimum Gasteiger partial charge on any atom is -0.271 e. The van der Waals surface area contributed by atoms with E-state index >= 15 is 0 Å². The maximum atomic E-state index is 5.47. The molecule has 0 spiro atoms. The number of nitrogens with two attached hydrogens (primary N) is 1. The Morgan fingerprint density at radius 1 is 1.60 bits per heavy atom. The van der Waals surface area contributed by atoms with E-state index in [4.69, 9.17) is 5.84 Å². The topological polar surface area (TPSA) is 79.6 Å². The smallest absolute Gasteiger partial charge is 0.142 e. The monoisotopic (exact) mass is 223 g/mol. The van der Waals surface area contributed by atoms with Crippen molar-refractivity contribution in [2.45, 2.75) is 18.9 Å². The lowest BCUT2D eigenvalue weighted by Gasteiger charge is -2.11. The van der Waals surface area contributed by atoms with Crippen LogP contribution >= 0.6 is 11.3 Å². The summed E-state index contributed by atoms with van der Waals surface area (Å²) in [6, 6.07) is 2.16. The summed E-state index contributed by atoms with van der Waals surface area (Å²) in [5.41, 5.74) is 4.07. The molecule has 4 N–H and O–H groups in total. The lowest BCUT2D eigenvalue weighted by molar-refractivity contribution is 0.493. The fourth-order valence-electron chi connectivity index (χ4n) is 1.43. The van der Waals surface area contributed by atoms with Gasteiger partial charge in [-0.05, 0) is 35.2 Å². The van der Waals surface area contributed by atoms with Gasteiger partial charge in [-0.2, -0.15) is 16.4 Å². The first kappa shape index (κ1) is 10.3. The Bertz CT molecular complexity index is 369. The zero-order chi connectivity index (χ0) is 10.5. The van der Waals surface area contributed by atoms with Gasteiger partial charge in [0.05, 0.1) is 6.04 Å². The standard InChI is InChI=1S/C9H13N5S/c10-13-8(9-11-6-12-14-9)2-1-7-3-4-15-5-7/h3-6,8,13H,1-2,10H2,(H,11,12,14). The molecule has 0 saturated heterocycles. The third kappa shape index (κ3) is 2.62. The number of hydrazine groups is 1. The summed E-state index contributed by atoms with van der Waals surface area (Å²) >= 11 is 1.71. The van der Waals surface area contributed by atoms with Crippen LogP contribution in [0, 0.1) is 0 Å². The summed E-state index contributed by atoms with van der Waals surface area (Å²) in [5, 5.41) is 10.8. The molecule has 0 radical (unpaired) electrons. The Morgan fingerprint density at radius 2 is 2.53 bits per heavy atom. The number of H-pyrrole nitrogens is 1. The van der Waals surface area contributed by atoms with Gasteiger partial charge in [0, 0.05) is 0 Å². The zero-order valence-corrected chi connectivity index (χ0v) is 9.00. The van der Waals surface area contributed by atoms with Crippen LogP contribution in [0.4, 0.5) is 0 Å². The Kier molecular flexibility index (Phi) is 3.44. The Labute approximate surface area is 91.7 Å². The van der Waals surface area contributed by atoms with E-state index in [1.807, 2.05) is 0 Å². The summed E-state index contributed by atoms with van der Waals surface area (Å²) in [5.74, 6) is 6.25. The molecular weight excluding hydrogens is 210 g/mol. The van der Waals surface area contributed by atoms with Crippen LogP contribution in [-0.4, -0.2) is 15.2 Å². The molecule has 2 aromatic rings. The van der Waals surface area contributed by atoms with Crippen molar-refractivity contribution in [1.29, 1.82) is 0 Å². The first-order valence-electron chi connectivity index (χ1n) is 4.72. The van der Waals surface area contributed by atoms with E-state index in [1.165, 1.54) is 11.9 Å². The summed E-state index contributed by atoms with van der Waals surface area (Å²) in [4.78, 5) is 4.08. The van der Waals surface area contributed by atoms with E-state index in [2.05, 4.69) is 37.4 Å². The van der Waals surface area contributed by atoms with Gasteiger partial charge in [-0.1, -0.05) is 0 Å². The molecule has 0 aliphatic heterocycles. The average Bonchev–Trinajstić information content (AvgIpc) is 2.90. The average molecular weight is 223 g/mol. The molecule has 5 nitrogen and oxygen atoms in total. The first-order chi connectivity index (χ1) is 7.40. The van der Waals surface area contributed by atoms with Gasteiger partial charge in [0.15, 0.2) is 0 Å². The van der Waals surface area contributed by atoms with Gasteiger partial charge in [-0.25, -0.2) is 10.4 Å². The summed E-state index contributed by atoms with van der Waals surface area (Å²) in [6.45, 7) is 0. The number of hydrogen-bond donors (Lipinski definition) is 3. The van der Waals surface area contributed by atoms with Crippen LogP contribution in [0.15, 0.2) is 23.2 Å². The molecular formula is C9H13N5S. The first-order valence-corrected chi connectivity index (χ1v) is 5.67. The van der Waals surface area contributed by atoms with E-state index in [1.54, 1.807) is 11.3 Å². The molecule has 0 aliphatic carbocycles. The number of hydrogen-bond acceptors (Lipinski definition) is 5. The minimum atomic E-state index is 0.0346. The second kappa shape index (κ2) is 5.01. The van der Waals surface area contributed by atoms with Crippen molar-refractivity contribution < 1.29 is 0 Å². The molecule has 0 bridgehead atoms. The molecule has 0 saturated carbocycles. The minimum absolute atomic E-state index is 0.0346. The van der Waals surface area contributed by atoms with Crippen LogP contribution in [0.2, 0.25) is 0 Å². The van der Waals surface area contributed by atoms with Crippen LogP contribution in [0.5, 0.6) is 0 Å². The largest absolute Gasteiger partial charge is 0.271 e. The van der Waals surface area contributed by atoms with E-state index < -0.39 is 0 Å². The molecule has 2 aromatic heterocycles. The van der Waals surface area contributed by atoms with Crippen molar-refractivity contribution in [2.75, 3.05) is 0 Å². The van der Waals surface area contributed by atoms with E-state index in [0.29, 0.717) is 0 Å². The van der Waals surface area contributed by atoms with Crippen molar-refractivity contribution in [1.82, 2.24) is 20.6 Å². The highest BCUT2D eigenvalue weighted by atomic mass is 32.1. The number of thiophene rings is 1. The highest BCUT2D eigenvalue weighted by Gasteiger charge is 2.12. The summed E-state index contributed by atoms with van der Waals surface area (Å²) in [7, 11) is 0. The maximum absolute atomic E-state index is 5.47. The third-order valence-corrected chi connectivity index (χ3v) is 3.00. The van der Waals surface area contributed by atoms with Crippen molar-refractivity contribution in [3.8, 4) is 0 Å². The van der Waals surface area contributed by atoms with Crippen molar-refractivity contribution in [3.63, 3.8) is 0 Å². The molecule has 2 rings (SSSR count). The fraction of sp³-hybridized carbons (Fsp3) is 0.333. The molecule has 2 heterocycles. The van der Waals surface area contributed by atoms with Gasteiger partial charge < -0.3 is 0 Å². The predicted molar refractivity (Wildman–Crippen MR) is 59.1 cm³/mol. The number of aromatic nitrogens is 3. The molecule has 0 aromatic carbocycles. The molecule has 6 heteroatoms. The number of aryl methyl sites for hydroxylation is 1. The highest BCUT2D eigenvalue weighted by Crippen LogP contribution is 2.15. The van der Waals surface area contributed by atoms with Gasteiger partial charge in [0.2, 0.25) is 0 Å². The summed E-state index contributed by atoms with van der Waals surface area (Å²) in [6.07, 6.45) is 3.38. The Hall–Kier alpha value is -1.24. The number of nitrogens with zero attached hydrogens (tertiary/aromatic N) is 2. The maximum Gasteiger partial charge on any atom is 0.142 e. The number of nitrogens with one attached hydrogen (secondary N) is 2. The molecule has 15 heavy (non-hydrogen) atoms. The molecule has 1 unspecified atom stereocenters. The quantitative estimate of drug-likeness (QED) is 0.522. The van der Waals surface area contributed by atoms with Crippen LogP contribution < -0.4 is 11.3 Å². The molecule has 80 valence electrons. The van der Waals surface area contributed by atoms with E-state index in [9.17, 15) is 0 Å². The normalized spacial score (nSPS) is 12.9. The lowest BCUT2D eigenvalue weighted by Crippen LogP contribution is -2.29. The van der Waals surface area contributed by atoms with E-state index in [-0.39, 0.29) is 6.04 Å². The fourth-order valence-corrected chi connectivity index (χ4v) is 2.13. The second-order valence-electron chi connectivity index (χ2n) is 3.26. The summed E-state index contributed by atoms with van der Waals surface area (Å²) < 4.78 is 0. The van der Waals surface area contributed by atoms with Crippen molar-refractivity contribution in [2.24, 2.45) is 5.84 Å². The Balaban J connectivity index is 1.92. The Morgan fingerprint density at radius 3 is 3.13 bits per heavy atom. The van der Waals surface area contributed by atoms with Crippen molar-refractivity contribution >= 4 is 11.3 Å². The molecule has 0 aliphatic rings. The lowest BCUT2D eigenvalue weighted by atomic mass is 10.1. The predicted octanol–water partition coefficient (Wildman–Crippen LogP) is 1.00. The van der Waals surface area contributed by atoms with Gasteiger partial charge in [-0.15, -0.1) is 0 Å². The highest BCUT2D eigenvalue weighted by molar-refractivity contribution is 7.07. The SMILES string of the molecule is NNC(CCc1ccsc1)c1ncn[nH]1. The number of rotatable bonds is 5. The number of aromatic amines is 1. The van der Waals surface area contributed by atoms with Crippen molar-refractivity contribution in [3.05, 3.63) is 34.5 Å². The molecule has 1 atom stereocenters. The van der Waals surface area contributed by atoms with Crippen LogP contribution in [0.1, 0.15) is 23.9 Å². The van der Waals surface area contributed by atoms with Crippen LogP contribution in [-0.2, 0) is 6.42 Å².